The van der Waals surface area contributed by atoms with Crippen LogP contribution in [0.2, 0.25) is 0 Å². The van der Waals surface area contributed by atoms with Crippen molar-refractivity contribution in [2.45, 2.75) is 11.8 Å². The van der Waals surface area contributed by atoms with Gasteiger partial charge in [0.25, 0.3) is 15.9 Å². The maximum atomic E-state index is 12.6. The van der Waals surface area contributed by atoms with Gasteiger partial charge in [-0.05, 0) is 85.2 Å². The molecule has 0 saturated heterocycles. The first-order valence-corrected chi connectivity index (χ1v) is 12.3. The van der Waals surface area contributed by atoms with Gasteiger partial charge in [0.2, 0.25) is 0 Å². The molecule has 10 heteroatoms. The second-order valence-electron chi connectivity index (χ2n) is 6.95. The molecule has 1 heterocycles. The van der Waals surface area contributed by atoms with Gasteiger partial charge in [-0.3, -0.25) is 9.52 Å². The molecule has 0 spiro atoms. The van der Waals surface area contributed by atoms with Gasteiger partial charge in [0.15, 0.2) is 6.61 Å². The van der Waals surface area contributed by atoms with Gasteiger partial charge in [-0.15, -0.1) is 0 Å². The number of hydrogen-bond donors (Lipinski definition) is 2. The molecule has 0 aliphatic carbocycles. The van der Waals surface area contributed by atoms with Gasteiger partial charge in [-0.1, -0.05) is 0 Å². The summed E-state index contributed by atoms with van der Waals surface area (Å²) in [7, 11) is -3.77. The van der Waals surface area contributed by atoms with Gasteiger partial charge in [0.05, 0.1) is 16.2 Å². The molecule has 170 valence electrons. The van der Waals surface area contributed by atoms with Gasteiger partial charge < -0.3 is 14.8 Å². The van der Waals surface area contributed by atoms with E-state index in [0.717, 1.165) is 10.1 Å². The number of hydrogen-bond acceptors (Lipinski definition) is 7. The van der Waals surface area contributed by atoms with Crippen molar-refractivity contribution >= 4 is 48.9 Å². The number of sulfonamides is 1. The lowest BCUT2D eigenvalue weighted by atomic mass is 10.2. The number of benzene rings is 3. The highest BCUT2D eigenvalue weighted by molar-refractivity contribution is 7.92. The minimum atomic E-state index is -3.77. The average Bonchev–Trinajstić information content (AvgIpc) is 3.27. The number of fused-ring (bicyclic) bond motifs is 1. The van der Waals surface area contributed by atoms with E-state index in [9.17, 15) is 13.2 Å². The molecule has 4 rings (SSSR count). The van der Waals surface area contributed by atoms with E-state index < -0.39 is 10.0 Å². The van der Waals surface area contributed by atoms with Crippen molar-refractivity contribution in [3.05, 3.63) is 72.9 Å². The summed E-state index contributed by atoms with van der Waals surface area (Å²) in [6.07, 6.45) is 1.74. The third kappa shape index (κ3) is 5.79. The number of anilines is 2. The molecule has 0 unspecified atom stereocenters. The standard InChI is InChI=1S/C23H21N3O5S2/c1-2-30-19-6-3-17(4-7-19)26-33(28,29)21-10-8-20(9-11-21)31-15-23(27)25-18-5-12-22-16(13-18)14-24-32-22/h3-14,26H,2,15H2,1H3,(H,25,27). The highest BCUT2D eigenvalue weighted by Crippen LogP contribution is 2.23. The van der Waals surface area contributed by atoms with Crippen LogP contribution in [0.3, 0.4) is 0 Å². The average molecular weight is 484 g/mol. The molecular weight excluding hydrogens is 462 g/mol. The number of rotatable bonds is 9. The van der Waals surface area contributed by atoms with E-state index in [2.05, 4.69) is 14.4 Å². The van der Waals surface area contributed by atoms with Crippen LogP contribution in [-0.4, -0.2) is 31.9 Å². The van der Waals surface area contributed by atoms with Crippen LogP contribution in [0.25, 0.3) is 10.1 Å². The molecule has 0 radical (unpaired) electrons. The fourth-order valence-electron chi connectivity index (χ4n) is 3.01. The smallest absolute Gasteiger partial charge is 0.262 e. The van der Waals surface area contributed by atoms with E-state index in [1.807, 2.05) is 19.1 Å². The molecule has 33 heavy (non-hydrogen) atoms. The second-order valence-corrected chi connectivity index (χ2v) is 9.47. The molecule has 2 N–H and O–H groups in total. The summed E-state index contributed by atoms with van der Waals surface area (Å²) in [5.41, 5.74) is 1.07. The van der Waals surface area contributed by atoms with Gasteiger partial charge in [-0.2, -0.15) is 4.37 Å². The lowest BCUT2D eigenvalue weighted by Crippen LogP contribution is -2.20. The second kappa shape index (κ2) is 9.88. The van der Waals surface area contributed by atoms with E-state index in [0.29, 0.717) is 29.5 Å². The van der Waals surface area contributed by atoms with Crippen LogP contribution >= 0.6 is 11.5 Å². The molecule has 0 atom stereocenters. The summed E-state index contributed by atoms with van der Waals surface area (Å²) in [5.74, 6) is 0.712. The van der Waals surface area contributed by atoms with E-state index >= 15 is 0 Å². The first kappa shape index (κ1) is 22.6. The van der Waals surface area contributed by atoms with Crippen molar-refractivity contribution < 1.29 is 22.7 Å². The van der Waals surface area contributed by atoms with Gasteiger partial charge in [0, 0.05) is 23.0 Å². The zero-order valence-corrected chi connectivity index (χ0v) is 19.3. The van der Waals surface area contributed by atoms with E-state index in [-0.39, 0.29) is 17.4 Å². The first-order chi connectivity index (χ1) is 15.9. The summed E-state index contributed by atoms with van der Waals surface area (Å²) in [6, 6.07) is 18.0. The maximum absolute atomic E-state index is 12.6. The minimum absolute atomic E-state index is 0.0749. The molecule has 4 aromatic rings. The number of carbonyl (C=O) groups excluding carboxylic acids is 1. The Morgan fingerprint density at radius 3 is 2.33 bits per heavy atom. The fraction of sp³-hybridized carbons (Fsp3) is 0.130. The summed E-state index contributed by atoms with van der Waals surface area (Å²) in [5, 5.41) is 3.72. The number of carbonyl (C=O) groups is 1. The Balaban J connectivity index is 1.32. The summed E-state index contributed by atoms with van der Waals surface area (Å²) in [6.45, 7) is 2.19. The molecule has 8 nitrogen and oxygen atoms in total. The molecule has 0 saturated carbocycles. The third-order valence-electron chi connectivity index (χ3n) is 4.56. The molecule has 0 fully saturated rings. The molecule has 0 aliphatic rings. The zero-order valence-electron chi connectivity index (χ0n) is 17.6. The van der Waals surface area contributed by atoms with Gasteiger partial charge >= 0.3 is 0 Å². The lowest BCUT2D eigenvalue weighted by Gasteiger charge is -2.11. The van der Waals surface area contributed by atoms with Crippen LogP contribution < -0.4 is 19.5 Å². The number of nitrogens with zero attached hydrogens (tertiary/aromatic N) is 1. The van der Waals surface area contributed by atoms with Crippen molar-refractivity contribution in [1.29, 1.82) is 0 Å². The first-order valence-electron chi connectivity index (χ1n) is 10.1. The van der Waals surface area contributed by atoms with E-state index in [4.69, 9.17) is 9.47 Å². The molecule has 1 amide bonds. The highest BCUT2D eigenvalue weighted by Gasteiger charge is 2.15. The normalized spacial score (nSPS) is 11.2. The number of amides is 1. The van der Waals surface area contributed by atoms with Crippen LogP contribution in [0.5, 0.6) is 11.5 Å². The van der Waals surface area contributed by atoms with Crippen molar-refractivity contribution in [3.8, 4) is 11.5 Å². The van der Waals surface area contributed by atoms with Crippen molar-refractivity contribution in [2.24, 2.45) is 0 Å². The topological polar surface area (TPSA) is 107 Å². The predicted molar refractivity (Wildman–Crippen MR) is 129 cm³/mol. The Morgan fingerprint density at radius 2 is 1.61 bits per heavy atom. The highest BCUT2D eigenvalue weighted by atomic mass is 32.2. The number of aromatic nitrogens is 1. The van der Waals surface area contributed by atoms with Crippen LogP contribution in [0.1, 0.15) is 6.92 Å². The molecule has 1 aromatic heterocycles. The largest absolute Gasteiger partial charge is 0.494 e. The third-order valence-corrected chi connectivity index (χ3v) is 6.73. The lowest BCUT2D eigenvalue weighted by molar-refractivity contribution is -0.118. The van der Waals surface area contributed by atoms with Crippen LogP contribution in [0.15, 0.2) is 77.8 Å². The Morgan fingerprint density at radius 1 is 0.939 bits per heavy atom. The molecular formula is C23H21N3O5S2. The van der Waals surface area contributed by atoms with E-state index in [1.54, 1.807) is 36.5 Å². The van der Waals surface area contributed by atoms with Crippen molar-refractivity contribution in [3.63, 3.8) is 0 Å². The van der Waals surface area contributed by atoms with E-state index in [1.165, 1.54) is 35.8 Å². The minimum Gasteiger partial charge on any atom is -0.494 e. The molecule has 3 aromatic carbocycles. The maximum Gasteiger partial charge on any atom is 0.262 e. The Hall–Kier alpha value is -3.63. The van der Waals surface area contributed by atoms with Crippen molar-refractivity contribution in [2.75, 3.05) is 23.3 Å². The quantitative estimate of drug-likeness (QED) is 0.363. The number of nitrogens with one attached hydrogen (secondary N) is 2. The SMILES string of the molecule is CCOc1ccc(NS(=O)(=O)c2ccc(OCC(=O)Nc3ccc4sncc4c3)cc2)cc1. The number of ether oxygens (including phenoxy) is 2. The van der Waals surface area contributed by atoms with Crippen LogP contribution in [0, 0.1) is 0 Å². The predicted octanol–water partition coefficient (Wildman–Crippen LogP) is 4.51. The Bertz CT molecular complexity index is 1350. The summed E-state index contributed by atoms with van der Waals surface area (Å²) < 4.78 is 43.7. The van der Waals surface area contributed by atoms with Crippen molar-refractivity contribution in [1.82, 2.24) is 4.37 Å². The fourth-order valence-corrected chi connectivity index (χ4v) is 4.70. The van der Waals surface area contributed by atoms with Crippen LogP contribution in [-0.2, 0) is 14.8 Å². The summed E-state index contributed by atoms with van der Waals surface area (Å²) in [4.78, 5) is 12.3. The molecule has 0 aliphatic heterocycles. The molecule has 0 bridgehead atoms. The summed E-state index contributed by atoms with van der Waals surface area (Å²) >= 11 is 1.39. The van der Waals surface area contributed by atoms with Gasteiger partial charge in [0.1, 0.15) is 11.5 Å². The monoisotopic (exact) mass is 483 g/mol. The Labute approximate surface area is 195 Å². The van der Waals surface area contributed by atoms with Gasteiger partial charge in [-0.25, -0.2) is 8.42 Å². The van der Waals surface area contributed by atoms with Crippen LogP contribution in [0.4, 0.5) is 11.4 Å². The zero-order chi connectivity index (χ0) is 23.3. The Kier molecular flexibility index (Phi) is 6.76.